The maximum Gasteiger partial charge on any atom is 0.407 e. The lowest BCUT2D eigenvalue weighted by Crippen LogP contribution is -2.51. The Kier molecular flexibility index (Phi) is 12.0. The first-order valence-corrected chi connectivity index (χ1v) is 17.2. The number of nitrogens with one attached hydrogen (secondary N) is 1. The molecule has 44 heavy (non-hydrogen) atoms. The normalized spacial score (nSPS) is 17.0. The molecule has 0 aliphatic carbocycles. The van der Waals surface area contributed by atoms with E-state index >= 15 is 0 Å². The number of carbonyl (C=O) groups is 1. The molecule has 2 heterocycles. The monoisotopic (exact) mass is 647 g/mol. The molecule has 0 radical (unpaired) electrons. The number of hydrogen-bond donors (Lipinski definition) is 2. The molecule has 13 heteroatoms. The molecule has 242 valence electrons. The van der Waals surface area contributed by atoms with Crippen LogP contribution < -0.4 is 10.2 Å². The fraction of sp³-hybridized carbons (Fsp3) is 0.548. The van der Waals surface area contributed by atoms with Crippen LogP contribution in [0.15, 0.2) is 53.4 Å². The molecule has 0 bridgehead atoms. The van der Waals surface area contributed by atoms with Crippen LogP contribution in [0, 0.1) is 5.92 Å². The van der Waals surface area contributed by atoms with Crippen LogP contribution in [0.4, 0.5) is 9.93 Å². The van der Waals surface area contributed by atoms with E-state index in [0.29, 0.717) is 26.1 Å². The van der Waals surface area contributed by atoms with E-state index in [1.54, 1.807) is 18.2 Å². The Hall–Kier alpha value is -2.81. The fourth-order valence-corrected chi connectivity index (χ4v) is 7.63. The molecule has 11 nitrogen and oxygen atoms in total. The van der Waals surface area contributed by atoms with E-state index in [9.17, 15) is 18.3 Å². The number of aliphatic hydroxyl groups is 1. The van der Waals surface area contributed by atoms with Gasteiger partial charge in [0.25, 0.3) is 0 Å². The number of amides is 1. The number of nitrogens with zero attached hydrogens (tertiary/aromatic N) is 4. The van der Waals surface area contributed by atoms with Crippen LogP contribution in [0.5, 0.6) is 0 Å². The minimum atomic E-state index is -4.00. The zero-order valence-corrected chi connectivity index (χ0v) is 27.8. The van der Waals surface area contributed by atoms with Crippen molar-refractivity contribution < 1.29 is 27.8 Å². The molecule has 3 aromatic rings. The van der Waals surface area contributed by atoms with Crippen molar-refractivity contribution in [2.75, 3.05) is 65.4 Å². The van der Waals surface area contributed by atoms with Gasteiger partial charge < -0.3 is 29.7 Å². The number of aliphatic hydroxyl groups excluding tert-OH is 1. The molecule has 1 aromatic heterocycles. The highest BCUT2D eigenvalue weighted by Crippen LogP contribution is 2.31. The van der Waals surface area contributed by atoms with Crippen molar-refractivity contribution >= 4 is 42.8 Å². The molecule has 2 N–H and O–H groups in total. The van der Waals surface area contributed by atoms with Gasteiger partial charge in [-0.15, -0.1) is 0 Å². The van der Waals surface area contributed by atoms with Gasteiger partial charge in [0.15, 0.2) is 5.13 Å². The number of anilines is 1. The van der Waals surface area contributed by atoms with Gasteiger partial charge in [-0.05, 0) is 50.2 Å². The summed E-state index contributed by atoms with van der Waals surface area (Å²) < 4.78 is 41.0. The summed E-state index contributed by atoms with van der Waals surface area (Å²) in [6.45, 7) is 6.36. The lowest BCUT2D eigenvalue weighted by atomic mass is 10.0. The summed E-state index contributed by atoms with van der Waals surface area (Å²) >= 11 is 1.45. The number of likely N-dealkylation sites (N-methyl/N-ethyl adjacent to an activating group) is 2. The molecule has 2 aromatic carbocycles. The summed E-state index contributed by atoms with van der Waals surface area (Å²) in [6.07, 6.45) is -1.32. The molecule has 1 saturated heterocycles. The fourth-order valence-electron chi connectivity index (χ4n) is 4.92. The van der Waals surface area contributed by atoms with E-state index in [1.807, 2.05) is 65.3 Å². The molecular formula is C31H45N5O6S2. The van der Waals surface area contributed by atoms with Crippen molar-refractivity contribution in [2.24, 2.45) is 5.92 Å². The highest BCUT2D eigenvalue weighted by molar-refractivity contribution is 7.89. The zero-order chi connectivity index (χ0) is 31.9. The highest BCUT2D eigenvalue weighted by Gasteiger charge is 2.32. The predicted molar refractivity (Wildman–Crippen MR) is 174 cm³/mol. The largest absolute Gasteiger partial charge is 0.444 e. The summed E-state index contributed by atoms with van der Waals surface area (Å²) in [4.78, 5) is 21.8. The number of rotatable bonds is 15. The van der Waals surface area contributed by atoms with E-state index < -0.39 is 28.3 Å². The summed E-state index contributed by atoms with van der Waals surface area (Å²) in [7, 11) is 2.01. The Bertz CT molecular complexity index is 1460. The quantitative estimate of drug-likeness (QED) is 0.255. The number of aromatic nitrogens is 1. The molecule has 1 aliphatic rings. The number of sulfonamides is 1. The minimum absolute atomic E-state index is 0.00563. The van der Waals surface area contributed by atoms with Gasteiger partial charge in [0.05, 0.1) is 40.5 Å². The zero-order valence-electron chi connectivity index (χ0n) is 26.2. The van der Waals surface area contributed by atoms with Gasteiger partial charge in [0, 0.05) is 39.6 Å². The highest BCUT2D eigenvalue weighted by atomic mass is 32.2. The lowest BCUT2D eigenvalue weighted by Gasteiger charge is -2.30. The van der Waals surface area contributed by atoms with Crippen molar-refractivity contribution in [3.05, 3.63) is 54.1 Å². The molecule has 4 rings (SSSR count). The van der Waals surface area contributed by atoms with Gasteiger partial charge >= 0.3 is 6.09 Å². The van der Waals surface area contributed by atoms with Crippen molar-refractivity contribution in [3.63, 3.8) is 0 Å². The van der Waals surface area contributed by atoms with Crippen LogP contribution in [0.3, 0.4) is 0 Å². The predicted octanol–water partition coefficient (Wildman–Crippen LogP) is 3.43. The summed E-state index contributed by atoms with van der Waals surface area (Å²) in [5, 5.41) is 15.1. The van der Waals surface area contributed by atoms with Crippen molar-refractivity contribution in [1.82, 2.24) is 19.5 Å². The Morgan fingerprint density at radius 2 is 1.89 bits per heavy atom. The third-order valence-corrected chi connectivity index (χ3v) is 10.3. The Morgan fingerprint density at radius 1 is 1.14 bits per heavy atom. The van der Waals surface area contributed by atoms with E-state index in [4.69, 9.17) is 14.5 Å². The molecule has 0 saturated carbocycles. The second-order valence-electron chi connectivity index (χ2n) is 12.0. The molecule has 0 spiro atoms. The number of alkyl carbamates (subject to hydrolysis) is 1. The average Bonchev–Trinajstić information content (AvgIpc) is 3.65. The summed E-state index contributed by atoms with van der Waals surface area (Å²) in [5.74, 6) is -0.00563. The second-order valence-corrected chi connectivity index (χ2v) is 14.9. The molecule has 1 fully saturated rings. The number of fused-ring (bicyclic) bond motifs is 1. The lowest BCUT2D eigenvalue weighted by molar-refractivity contribution is 0.0644. The van der Waals surface area contributed by atoms with Crippen molar-refractivity contribution in [3.8, 4) is 0 Å². The molecule has 3 atom stereocenters. The van der Waals surface area contributed by atoms with Gasteiger partial charge in [0.2, 0.25) is 10.0 Å². The molecular weight excluding hydrogens is 603 g/mol. The number of benzene rings is 2. The van der Waals surface area contributed by atoms with Gasteiger partial charge in [-0.3, -0.25) is 0 Å². The van der Waals surface area contributed by atoms with Gasteiger partial charge in [-0.1, -0.05) is 55.5 Å². The third kappa shape index (κ3) is 9.35. The smallest absolute Gasteiger partial charge is 0.407 e. The topological polar surface area (TPSA) is 125 Å². The van der Waals surface area contributed by atoms with Crippen LogP contribution in [-0.4, -0.2) is 113 Å². The van der Waals surface area contributed by atoms with Crippen LogP contribution in [-0.2, 0) is 25.9 Å². The average molecular weight is 648 g/mol. The molecule has 1 amide bonds. The number of hydrogen-bond acceptors (Lipinski definition) is 10. The van der Waals surface area contributed by atoms with Crippen LogP contribution in [0.1, 0.15) is 25.8 Å². The summed E-state index contributed by atoms with van der Waals surface area (Å²) in [5.41, 5.74) is 1.62. The molecule has 1 aliphatic heterocycles. The molecule has 0 unspecified atom stereocenters. The first-order valence-electron chi connectivity index (χ1n) is 15.0. The number of thiazole rings is 1. The Labute approximate surface area is 264 Å². The minimum Gasteiger partial charge on any atom is -0.444 e. The van der Waals surface area contributed by atoms with Crippen molar-refractivity contribution in [1.29, 1.82) is 0 Å². The van der Waals surface area contributed by atoms with E-state index in [0.717, 1.165) is 34.0 Å². The van der Waals surface area contributed by atoms with E-state index in [1.165, 1.54) is 15.6 Å². The van der Waals surface area contributed by atoms with Gasteiger partial charge in [-0.25, -0.2) is 18.2 Å². The van der Waals surface area contributed by atoms with E-state index in [2.05, 4.69) is 15.1 Å². The second kappa shape index (κ2) is 15.5. The van der Waals surface area contributed by atoms with Gasteiger partial charge in [0.1, 0.15) is 6.10 Å². The first-order chi connectivity index (χ1) is 20.9. The third-order valence-electron chi connectivity index (χ3n) is 7.38. The maximum absolute atomic E-state index is 14.1. The number of ether oxygens (including phenoxy) is 2. The van der Waals surface area contributed by atoms with Crippen LogP contribution >= 0.6 is 11.3 Å². The van der Waals surface area contributed by atoms with Crippen LogP contribution in [0.25, 0.3) is 10.2 Å². The van der Waals surface area contributed by atoms with E-state index in [-0.39, 0.29) is 30.0 Å². The summed E-state index contributed by atoms with van der Waals surface area (Å²) in [6, 6.07) is 13.6. The van der Waals surface area contributed by atoms with Gasteiger partial charge in [-0.2, -0.15) is 4.31 Å². The maximum atomic E-state index is 14.1. The Balaban J connectivity index is 1.55. The van der Waals surface area contributed by atoms with Crippen LogP contribution in [0.2, 0.25) is 0 Å². The standard InChI is InChI=1S/C31H45N5O6S2/c1-22(2)19-36(44(39,40)25-11-12-26-29(18-25)43-30(32-26)35(5)15-14-34(3)4)20-28(37)27(17-23-9-7-6-8-10-23)33-31(38)42-24-13-16-41-21-24/h6-12,18,22,24,27-28,37H,13-17,19-21H2,1-5H3,(H,33,38)/t24-,27-,28+/m0/s1. The SMILES string of the molecule is CC(C)CN(C[C@@H](O)[C@H](Cc1ccccc1)NC(=O)O[C@H]1CCOC1)S(=O)(=O)c1ccc2nc(N(C)CCN(C)C)sc2c1. The number of carbonyl (C=O) groups excluding carboxylic acids is 1. The Morgan fingerprint density at radius 3 is 2.55 bits per heavy atom. The van der Waals surface area contributed by atoms with Crippen molar-refractivity contribution in [2.45, 2.75) is 49.8 Å². The first kappa shape index (κ1) is 34.1.